The summed E-state index contributed by atoms with van der Waals surface area (Å²) in [6.45, 7) is 0. The van der Waals surface area contributed by atoms with Gasteiger partial charge >= 0.3 is 0 Å². The fourth-order valence-electron chi connectivity index (χ4n) is 1.61. The number of hydrogen-bond donors (Lipinski definition) is 1. The molecule has 108 valence electrons. The molecule has 1 N–H and O–H groups in total. The number of nitriles is 1. The van der Waals surface area contributed by atoms with Crippen molar-refractivity contribution in [2.45, 2.75) is 4.90 Å². The predicted octanol–water partition coefficient (Wildman–Crippen LogP) is 3.29. The molecule has 0 saturated heterocycles. The molecule has 0 aliphatic heterocycles. The van der Waals surface area contributed by atoms with Gasteiger partial charge in [-0.1, -0.05) is 11.6 Å². The summed E-state index contributed by atoms with van der Waals surface area (Å²) in [6, 6.07) is 7.68. The van der Waals surface area contributed by atoms with Crippen LogP contribution in [0.3, 0.4) is 0 Å². The summed E-state index contributed by atoms with van der Waals surface area (Å²) in [6.07, 6.45) is 0. The van der Waals surface area contributed by atoms with Crippen LogP contribution in [0.15, 0.2) is 41.3 Å². The molecule has 0 saturated carbocycles. The highest BCUT2D eigenvalue weighted by Gasteiger charge is 2.19. The first-order valence-electron chi connectivity index (χ1n) is 5.50. The molecule has 0 radical (unpaired) electrons. The van der Waals surface area contributed by atoms with Gasteiger partial charge in [0.25, 0.3) is 10.0 Å². The summed E-state index contributed by atoms with van der Waals surface area (Å²) in [4.78, 5) is -0.298. The van der Waals surface area contributed by atoms with Crippen molar-refractivity contribution in [3.05, 3.63) is 58.6 Å². The zero-order valence-electron chi connectivity index (χ0n) is 10.3. The molecule has 0 atom stereocenters. The number of halogens is 3. The fourth-order valence-corrected chi connectivity index (χ4v) is 3.20. The Morgan fingerprint density at radius 1 is 1.10 bits per heavy atom. The van der Waals surface area contributed by atoms with E-state index in [-0.39, 0.29) is 21.2 Å². The average molecular weight is 329 g/mol. The van der Waals surface area contributed by atoms with Crippen LogP contribution in [0.2, 0.25) is 5.02 Å². The lowest BCUT2D eigenvalue weighted by atomic mass is 10.2. The number of sulfonamides is 1. The summed E-state index contributed by atoms with van der Waals surface area (Å²) in [5.41, 5.74) is -0.0799. The van der Waals surface area contributed by atoms with Crippen molar-refractivity contribution in [3.63, 3.8) is 0 Å². The Labute approximate surface area is 124 Å². The maximum atomic E-state index is 13.0. The van der Waals surface area contributed by atoms with Crippen LogP contribution in [0.5, 0.6) is 0 Å². The van der Waals surface area contributed by atoms with Crippen molar-refractivity contribution >= 4 is 27.3 Å². The van der Waals surface area contributed by atoms with Gasteiger partial charge in [-0.3, -0.25) is 4.72 Å². The van der Waals surface area contributed by atoms with Crippen molar-refractivity contribution in [3.8, 4) is 6.07 Å². The number of rotatable bonds is 3. The molecule has 2 aromatic rings. The maximum Gasteiger partial charge on any atom is 0.263 e. The molecular formula is C13H7ClF2N2O2S. The third-order valence-corrected chi connectivity index (χ3v) is 4.33. The third kappa shape index (κ3) is 3.48. The van der Waals surface area contributed by atoms with Crippen molar-refractivity contribution in [1.82, 2.24) is 0 Å². The zero-order chi connectivity index (χ0) is 15.6. The van der Waals surface area contributed by atoms with E-state index in [9.17, 15) is 17.2 Å². The van der Waals surface area contributed by atoms with Gasteiger partial charge in [-0.15, -0.1) is 0 Å². The van der Waals surface area contributed by atoms with Crippen LogP contribution in [-0.4, -0.2) is 8.42 Å². The lowest BCUT2D eigenvalue weighted by Crippen LogP contribution is -2.14. The Morgan fingerprint density at radius 2 is 1.71 bits per heavy atom. The molecule has 0 aromatic heterocycles. The molecule has 0 heterocycles. The molecule has 0 unspecified atom stereocenters. The lowest BCUT2D eigenvalue weighted by molar-refractivity contribution is 0.584. The highest BCUT2D eigenvalue weighted by molar-refractivity contribution is 7.92. The monoisotopic (exact) mass is 328 g/mol. The summed E-state index contributed by atoms with van der Waals surface area (Å²) >= 11 is 5.80. The molecule has 4 nitrogen and oxygen atoms in total. The highest BCUT2D eigenvalue weighted by atomic mass is 35.5. The Morgan fingerprint density at radius 3 is 2.24 bits per heavy atom. The van der Waals surface area contributed by atoms with E-state index in [1.807, 2.05) is 10.8 Å². The molecule has 0 aliphatic rings. The van der Waals surface area contributed by atoms with E-state index in [4.69, 9.17) is 16.9 Å². The van der Waals surface area contributed by atoms with Crippen LogP contribution >= 0.6 is 11.6 Å². The Bertz CT molecular complexity index is 827. The second-order valence-electron chi connectivity index (χ2n) is 4.02. The SMILES string of the molecule is N#Cc1ccc(S(=O)(=O)Nc2cc(F)cc(F)c2)c(Cl)c1. The molecule has 21 heavy (non-hydrogen) atoms. The fraction of sp³-hybridized carbons (Fsp3) is 0. The standard InChI is InChI=1S/C13H7ClF2N2O2S/c14-12-3-8(7-17)1-2-13(12)21(19,20)18-11-5-9(15)4-10(16)6-11/h1-6,18H. The summed E-state index contributed by atoms with van der Waals surface area (Å²) in [7, 11) is -4.13. The average Bonchev–Trinajstić information content (AvgIpc) is 2.36. The van der Waals surface area contributed by atoms with Gasteiger partial charge in [0.15, 0.2) is 0 Å². The van der Waals surface area contributed by atoms with Gasteiger partial charge in [0.1, 0.15) is 16.5 Å². The van der Waals surface area contributed by atoms with Gasteiger partial charge < -0.3 is 0 Å². The van der Waals surface area contributed by atoms with E-state index >= 15 is 0 Å². The number of anilines is 1. The number of hydrogen-bond acceptors (Lipinski definition) is 3. The van der Waals surface area contributed by atoms with E-state index in [2.05, 4.69) is 0 Å². The highest BCUT2D eigenvalue weighted by Crippen LogP contribution is 2.25. The molecule has 0 spiro atoms. The lowest BCUT2D eigenvalue weighted by Gasteiger charge is -2.10. The molecule has 2 aromatic carbocycles. The topological polar surface area (TPSA) is 70.0 Å². The Kier molecular flexibility index (Phi) is 4.11. The Hall–Kier alpha value is -2.17. The predicted molar refractivity (Wildman–Crippen MR) is 73.3 cm³/mol. The maximum absolute atomic E-state index is 13.0. The van der Waals surface area contributed by atoms with Crippen LogP contribution < -0.4 is 4.72 Å². The molecule has 0 bridgehead atoms. The van der Waals surface area contributed by atoms with Gasteiger partial charge in [0.05, 0.1) is 22.3 Å². The molecule has 0 amide bonds. The van der Waals surface area contributed by atoms with Gasteiger partial charge in [-0.05, 0) is 30.3 Å². The van der Waals surface area contributed by atoms with Crippen LogP contribution in [0, 0.1) is 23.0 Å². The number of nitrogens with one attached hydrogen (secondary N) is 1. The van der Waals surface area contributed by atoms with Gasteiger partial charge in [0.2, 0.25) is 0 Å². The summed E-state index contributed by atoms with van der Waals surface area (Å²) in [5.74, 6) is -1.84. The normalized spacial score (nSPS) is 11.0. The van der Waals surface area contributed by atoms with Crippen LogP contribution in [0.25, 0.3) is 0 Å². The van der Waals surface area contributed by atoms with Crippen LogP contribution in [-0.2, 0) is 10.0 Å². The quantitative estimate of drug-likeness (QED) is 0.939. The van der Waals surface area contributed by atoms with E-state index in [1.54, 1.807) is 0 Å². The Balaban J connectivity index is 2.41. The zero-order valence-corrected chi connectivity index (χ0v) is 11.8. The first kappa shape index (κ1) is 15.2. The van der Waals surface area contributed by atoms with E-state index in [1.165, 1.54) is 12.1 Å². The first-order valence-corrected chi connectivity index (χ1v) is 7.36. The van der Waals surface area contributed by atoms with E-state index in [0.29, 0.717) is 6.07 Å². The van der Waals surface area contributed by atoms with E-state index in [0.717, 1.165) is 18.2 Å². The van der Waals surface area contributed by atoms with Crippen molar-refractivity contribution in [2.24, 2.45) is 0 Å². The first-order chi connectivity index (χ1) is 9.81. The second kappa shape index (κ2) is 5.68. The summed E-state index contributed by atoms with van der Waals surface area (Å²) in [5, 5.41) is 8.53. The number of benzene rings is 2. The van der Waals surface area contributed by atoms with E-state index < -0.39 is 21.7 Å². The van der Waals surface area contributed by atoms with Crippen molar-refractivity contribution < 1.29 is 17.2 Å². The van der Waals surface area contributed by atoms with Crippen molar-refractivity contribution in [1.29, 1.82) is 5.26 Å². The summed E-state index contributed by atoms with van der Waals surface area (Å²) < 4.78 is 52.4. The van der Waals surface area contributed by atoms with Gasteiger partial charge in [-0.25, -0.2) is 17.2 Å². The molecule has 2 rings (SSSR count). The number of nitrogens with zero attached hydrogens (tertiary/aromatic N) is 1. The minimum Gasteiger partial charge on any atom is -0.279 e. The minimum absolute atomic E-state index is 0.168. The third-order valence-electron chi connectivity index (χ3n) is 2.47. The largest absolute Gasteiger partial charge is 0.279 e. The van der Waals surface area contributed by atoms with Crippen molar-refractivity contribution in [2.75, 3.05) is 4.72 Å². The van der Waals surface area contributed by atoms with Gasteiger partial charge in [0, 0.05) is 6.07 Å². The minimum atomic E-state index is -4.13. The molecule has 0 aliphatic carbocycles. The molecular weight excluding hydrogens is 322 g/mol. The van der Waals surface area contributed by atoms with Crippen LogP contribution in [0.1, 0.15) is 5.56 Å². The molecule has 8 heteroatoms. The smallest absolute Gasteiger partial charge is 0.263 e. The van der Waals surface area contributed by atoms with Crippen LogP contribution in [0.4, 0.5) is 14.5 Å². The second-order valence-corrected chi connectivity index (χ2v) is 6.08. The molecule has 0 fully saturated rings. The van der Waals surface area contributed by atoms with Gasteiger partial charge in [-0.2, -0.15) is 5.26 Å².